The average molecular weight is 700 g/mol. The number of hydrogen-bond donors (Lipinski definition) is 2. The molecule has 6 rings (SSSR count). The Labute approximate surface area is 288 Å². The fourth-order valence-electron chi connectivity index (χ4n) is 7.29. The molecule has 11 nitrogen and oxygen atoms in total. The molecule has 5 aliphatic rings. The Balaban J connectivity index is 0.000000227. The third kappa shape index (κ3) is 9.29. The molecule has 0 radical (unpaired) electrons. The molecule has 5 fully saturated rings. The van der Waals surface area contributed by atoms with Crippen molar-refractivity contribution in [3.63, 3.8) is 0 Å². The lowest BCUT2D eigenvalue weighted by molar-refractivity contribution is -0.150. The number of hydrogen-bond acceptors (Lipinski definition) is 8. The van der Waals surface area contributed by atoms with E-state index in [9.17, 15) is 28.0 Å². The van der Waals surface area contributed by atoms with Crippen LogP contribution >= 0.6 is 11.3 Å². The van der Waals surface area contributed by atoms with Gasteiger partial charge in [0, 0.05) is 85.0 Å². The molecule has 1 spiro atoms. The standard InChI is InChI=1S/C17H22N4O3S.C10H19NO2.C7H12F2O.H2/c1-16(2)3-10(16)14(23)21-7-17(8-21)6-20(5-11(17)13(18)22)15(24)12-4-19-9-25-12;1-3-4-10(12)11-7-5-9(13-2)6-8-11;8-7(9)3-1-6(5-10)2-4-7;/h4,9-11H,3,5-8H2,1-2H3,(H2,18,22);9H,3-8H2,1-2H3;6,10H,1-5H2;1H/t10-,11+;;;/m1.../s1. The Bertz CT molecular complexity index is 1260. The summed E-state index contributed by atoms with van der Waals surface area (Å²) in [4.78, 5) is 58.5. The van der Waals surface area contributed by atoms with E-state index in [0.29, 0.717) is 62.3 Å². The number of halogens is 2. The zero-order valence-electron chi connectivity index (χ0n) is 28.8. The van der Waals surface area contributed by atoms with E-state index in [1.807, 2.05) is 16.7 Å². The van der Waals surface area contributed by atoms with Crippen LogP contribution in [0.5, 0.6) is 0 Å². The van der Waals surface area contributed by atoms with Gasteiger partial charge in [0.05, 0.1) is 23.7 Å². The molecule has 2 atom stereocenters. The van der Waals surface area contributed by atoms with Gasteiger partial charge < -0.3 is 30.3 Å². The van der Waals surface area contributed by atoms with Gasteiger partial charge in [0.1, 0.15) is 4.88 Å². The Hall–Kier alpha value is -2.71. The fraction of sp³-hybridized carbons (Fsp3) is 0.794. The number of alkyl halides is 2. The average Bonchev–Trinajstić information content (AvgIpc) is 3.41. The van der Waals surface area contributed by atoms with Crippen molar-refractivity contribution in [2.45, 2.75) is 90.6 Å². The van der Waals surface area contributed by atoms with E-state index >= 15 is 0 Å². The molecule has 4 heterocycles. The number of amides is 4. The van der Waals surface area contributed by atoms with Gasteiger partial charge in [0.15, 0.2) is 0 Å². The Morgan fingerprint density at radius 1 is 1.04 bits per heavy atom. The second kappa shape index (κ2) is 15.9. The maximum absolute atomic E-state index is 12.6. The first-order valence-corrected chi connectivity index (χ1v) is 18.1. The highest BCUT2D eigenvalue weighted by Gasteiger charge is 2.61. The van der Waals surface area contributed by atoms with Crippen molar-refractivity contribution in [2.75, 3.05) is 53.0 Å². The third-order valence-corrected chi connectivity index (χ3v) is 11.5. The third-order valence-electron chi connectivity index (χ3n) is 10.7. The van der Waals surface area contributed by atoms with Gasteiger partial charge in [0.25, 0.3) is 5.91 Å². The van der Waals surface area contributed by atoms with Crippen LogP contribution in [-0.2, 0) is 19.1 Å². The predicted molar refractivity (Wildman–Crippen MR) is 179 cm³/mol. The number of thiazole rings is 1. The van der Waals surface area contributed by atoms with E-state index in [4.69, 9.17) is 15.6 Å². The number of primary amides is 1. The normalized spacial score (nSPS) is 25.7. The van der Waals surface area contributed by atoms with Gasteiger partial charge in [-0.2, -0.15) is 0 Å². The van der Waals surface area contributed by atoms with E-state index in [1.165, 1.54) is 11.3 Å². The van der Waals surface area contributed by atoms with Gasteiger partial charge in [-0.05, 0) is 49.9 Å². The molecule has 14 heteroatoms. The lowest BCUT2D eigenvalue weighted by Gasteiger charge is -2.50. The molecule has 1 aromatic heterocycles. The summed E-state index contributed by atoms with van der Waals surface area (Å²) in [6.07, 6.45) is 7.32. The van der Waals surface area contributed by atoms with Crippen LogP contribution in [0.4, 0.5) is 8.78 Å². The predicted octanol–water partition coefficient (Wildman–Crippen LogP) is 4.05. The topological polar surface area (TPSA) is 146 Å². The number of nitrogens with zero attached hydrogens (tertiary/aromatic N) is 4. The van der Waals surface area contributed by atoms with Crippen molar-refractivity contribution in [1.29, 1.82) is 0 Å². The molecule has 48 heavy (non-hydrogen) atoms. The van der Waals surface area contributed by atoms with E-state index in [-0.39, 0.29) is 55.4 Å². The zero-order chi connectivity index (χ0) is 35.3. The van der Waals surface area contributed by atoms with Crippen LogP contribution < -0.4 is 5.73 Å². The molecule has 2 saturated carbocycles. The smallest absolute Gasteiger partial charge is 0.265 e. The van der Waals surface area contributed by atoms with E-state index in [0.717, 1.165) is 38.8 Å². The first-order chi connectivity index (χ1) is 22.6. The number of methoxy groups -OCH3 is 1. The molecule has 1 aromatic rings. The number of piperidine rings is 1. The maximum atomic E-state index is 12.6. The van der Waals surface area contributed by atoms with Crippen LogP contribution in [0.25, 0.3) is 0 Å². The lowest BCUT2D eigenvalue weighted by atomic mass is 9.71. The highest BCUT2D eigenvalue weighted by atomic mass is 32.1. The van der Waals surface area contributed by atoms with Crippen LogP contribution in [0, 0.1) is 28.6 Å². The highest BCUT2D eigenvalue weighted by molar-refractivity contribution is 7.11. The summed E-state index contributed by atoms with van der Waals surface area (Å²) in [5.74, 6) is -2.67. The number of aliphatic hydroxyl groups is 1. The summed E-state index contributed by atoms with van der Waals surface area (Å²) in [5, 5.41) is 8.62. The molecule has 0 bridgehead atoms. The maximum Gasteiger partial charge on any atom is 0.265 e. The van der Waals surface area contributed by atoms with Crippen molar-refractivity contribution in [2.24, 2.45) is 34.3 Å². The number of aliphatic hydroxyl groups excluding tert-OH is 1. The molecular weight excluding hydrogens is 644 g/mol. The minimum absolute atomic E-state index is 0. The van der Waals surface area contributed by atoms with Gasteiger partial charge in [-0.3, -0.25) is 24.2 Å². The van der Waals surface area contributed by atoms with Gasteiger partial charge in [-0.25, -0.2) is 8.78 Å². The van der Waals surface area contributed by atoms with E-state index < -0.39 is 17.7 Å². The second-order valence-corrected chi connectivity index (χ2v) is 15.7. The second-order valence-electron chi connectivity index (χ2n) is 14.9. The minimum atomic E-state index is -2.45. The van der Waals surface area contributed by atoms with Crippen molar-refractivity contribution < 1.29 is 39.2 Å². The van der Waals surface area contributed by atoms with Crippen molar-refractivity contribution in [1.82, 2.24) is 19.7 Å². The largest absolute Gasteiger partial charge is 0.396 e. The summed E-state index contributed by atoms with van der Waals surface area (Å²) >= 11 is 1.29. The number of aromatic nitrogens is 1. The number of ether oxygens (including phenoxy) is 1. The highest BCUT2D eigenvalue weighted by Crippen LogP contribution is 2.54. The van der Waals surface area contributed by atoms with Crippen LogP contribution in [0.2, 0.25) is 0 Å². The molecule has 3 N–H and O–H groups in total. The summed E-state index contributed by atoms with van der Waals surface area (Å²) in [7, 11) is 1.74. The molecule has 0 aromatic carbocycles. The van der Waals surface area contributed by atoms with Crippen molar-refractivity contribution in [3.05, 3.63) is 16.6 Å². The quantitative estimate of drug-likeness (QED) is 0.437. The first kappa shape index (κ1) is 38.1. The molecule has 2 aliphatic carbocycles. The SMILES string of the molecule is CC1(C)C[C@@H]1C(=O)N1CC2(CN(C(=O)c3cncs3)C[C@H]2C(N)=O)C1.CCCC(=O)N1CCC(OC)CC1.OCC1CCC(F)(F)CC1.[HH]. The number of carbonyl (C=O) groups excluding carboxylic acids is 4. The summed E-state index contributed by atoms with van der Waals surface area (Å²) < 4.78 is 30.1. The Morgan fingerprint density at radius 3 is 2.12 bits per heavy atom. The molecule has 0 unspecified atom stereocenters. The van der Waals surface area contributed by atoms with Crippen molar-refractivity contribution in [3.8, 4) is 0 Å². The fourth-order valence-corrected chi connectivity index (χ4v) is 7.87. The Kier molecular flexibility index (Phi) is 12.6. The number of likely N-dealkylation sites (tertiary alicyclic amines) is 3. The number of nitrogens with two attached hydrogens (primary N) is 1. The van der Waals surface area contributed by atoms with Crippen LogP contribution in [-0.4, -0.2) is 113 Å². The van der Waals surface area contributed by atoms with E-state index in [2.05, 4.69) is 18.8 Å². The van der Waals surface area contributed by atoms with Crippen molar-refractivity contribution >= 4 is 35.0 Å². The monoisotopic (exact) mass is 699 g/mol. The summed E-state index contributed by atoms with van der Waals surface area (Å²) in [6.45, 7) is 9.87. The summed E-state index contributed by atoms with van der Waals surface area (Å²) in [6, 6.07) is 0. The molecule has 4 amide bonds. The minimum Gasteiger partial charge on any atom is -0.396 e. The molecule has 3 aliphatic heterocycles. The number of rotatable bonds is 7. The number of carbonyl (C=O) groups is 4. The molecule has 272 valence electrons. The Morgan fingerprint density at radius 2 is 1.65 bits per heavy atom. The van der Waals surface area contributed by atoms with Gasteiger partial charge in [-0.15, -0.1) is 11.3 Å². The lowest BCUT2D eigenvalue weighted by Crippen LogP contribution is -2.64. The van der Waals surface area contributed by atoms with Crippen LogP contribution in [0.15, 0.2) is 11.7 Å². The van der Waals surface area contributed by atoms with Crippen LogP contribution in [0.1, 0.15) is 89.7 Å². The summed E-state index contributed by atoms with van der Waals surface area (Å²) in [5.41, 5.74) is 6.93. The zero-order valence-corrected chi connectivity index (χ0v) is 29.6. The van der Waals surface area contributed by atoms with Gasteiger partial charge in [-0.1, -0.05) is 20.8 Å². The molecule has 3 saturated heterocycles. The molecular formula is C34H55F2N5O6S. The first-order valence-electron chi connectivity index (χ1n) is 17.2. The van der Waals surface area contributed by atoms with E-state index in [1.54, 1.807) is 23.7 Å². The van der Waals surface area contributed by atoms with Gasteiger partial charge in [0.2, 0.25) is 23.6 Å². The van der Waals surface area contributed by atoms with Crippen LogP contribution in [0.3, 0.4) is 0 Å². The van der Waals surface area contributed by atoms with Gasteiger partial charge >= 0.3 is 0 Å².